The largest absolute Gasteiger partial charge is 0.481 e. The molecule has 1 fully saturated rings. The van der Waals surface area contributed by atoms with E-state index in [-0.39, 0.29) is 6.61 Å². The van der Waals surface area contributed by atoms with Crippen LogP contribution in [0.1, 0.15) is 24.5 Å². The topological polar surface area (TPSA) is 62.3 Å². The summed E-state index contributed by atoms with van der Waals surface area (Å²) in [6, 6.07) is 7.72. The van der Waals surface area contributed by atoms with Gasteiger partial charge in [0, 0.05) is 16.6 Å². The fourth-order valence-corrected chi connectivity index (χ4v) is 2.03. The Balaban J connectivity index is 1.96. The maximum Gasteiger partial charge on any atom is 0.341 e. The first-order valence-corrected chi connectivity index (χ1v) is 5.70. The minimum atomic E-state index is -0.958. The molecule has 88 valence electrons. The smallest absolute Gasteiger partial charge is 0.341 e. The van der Waals surface area contributed by atoms with Crippen molar-refractivity contribution < 1.29 is 14.6 Å². The molecule has 1 saturated carbocycles. The number of fused-ring (bicyclic) bond motifs is 1. The van der Waals surface area contributed by atoms with Gasteiger partial charge in [-0.2, -0.15) is 0 Å². The van der Waals surface area contributed by atoms with Crippen LogP contribution in [0.5, 0.6) is 5.75 Å². The molecule has 4 nitrogen and oxygen atoms in total. The lowest BCUT2D eigenvalue weighted by Crippen LogP contribution is -2.09. The van der Waals surface area contributed by atoms with E-state index in [1.54, 1.807) is 6.07 Å². The van der Waals surface area contributed by atoms with Crippen molar-refractivity contribution in [2.24, 2.45) is 0 Å². The van der Waals surface area contributed by atoms with E-state index in [9.17, 15) is 4.79 Å². The zero-order valence-corrected chi connectivity index (χ0v) is 9.27. The van der Waals surface area contributed by atoms with Crippen molar-refractivity contribution in [1.82, 2.24) is 4.98 Å². The van der Waals surface area contributed by atoms with Crippen LogP contribution in [0, 0.1) is 0 Å². The van der Waals surface area contributed by atoms with E-state index in [2.05, 4.69) is 11.1 Å². The molecule has 0 aliphatic heterocycles. The summed E-state index contributed by atoms with van der Waals surface area (Å²) in [4.78, 5) is 13.9. The van der Waals surface area contributed by atoms with Crippen LogP contribution in [0.4, 0.5) is 0 Å². The summed E-state index contributed by atoms with van der Waals surface area (Å²) < 4.78 is 5.27. The minimum Gasteiger partial charge on any atom is -0.481 e. The lowest BCUT2D eigenvalue weighted by Gasteiger charge is -2.03. The van der Waals surface area contributed by atoms with Gasteiger partial charge in [0.25, 0.3) is 0 Å². The fourth-order valence-electron chi connectivity index (χ4n) is 2.03. The molecule has 1 aliphatic carbocycles. The van der Waals surface area contributed by atoms with Gasteiger partial charge in [-0.15, -0.1) is 0 Å². The second-order valence-corrected chi connectivity index (χ2v) is 4.40. The molecular weight excluding hydrogens is 218 g/mol. The molecule has 0 amide bonds. The summed E-state index contributed by atoms with van der Waals surface area (Å²) in [6.07, 6.45) is 2.47. The number of hydrogen-bond donors (Lipinski definition) is 2. The van der Waals surface area contributed by atoms with Gasteiger partial charge in [-0.3, -0.25) is 0 Å². The van der Waals surface area contributed by atoms with Crippen molar-refractivity contribution in [2.75, 3.05) is 6.61 Å². The molecule has 4 heteroatoms. The van der Waals surface area contributed by atoms with E-state index >= 15 is 0 Å². The van der Waals surface area contributed by atoms with Gasteiger partial charge < -0.3 is 14.8 Å². The van der Waals surface area contributed by atoms with E-state index in [1.165, 1.54) is 18.5 Å². The molecule has 1 aromatic heterocycles. The molecule has 0 spiro atoms. The number of carbonyl (C=O) groups is 1. The van der Waals surface area contributed by atoms with Gasteiger partial charge in [0.05, 0.1) is 0 Å². The number of carboxylic acid groups (broad SMARTS) is 1. The number of aliphatic carboxylic acids is 1. The number of nitrogens with one attached hydrogen (secondary N) is 1. The summed E-state index contributed by atoms with van der Waals surface area (Å²) in [5, 5.41) is 9.59. The molecule has 2 aromatic rings. The first-order valence-electron chi connectivity index (χ1n) is 5.70. The normalized spacial score (nSPS) is 15.1. The quantitative estimate of drug-likeness (QED) is 0.849. The van der Waals surface area contributed by atoms with E-state index in [0.29, 0.717) is 11.7 Å². The summed E-state index contributed by atoms with van der Waals surface area (Å²) in [5.41, 5.74) is 2.24. The molecule has 0 saturated heterocycles. The Morgan fingerprint density at radius 1 is 1.47 bits per heavy atom. The van der Waals surface area contributed by atoms with E-state index in [0.717, 1.165) is 10.9 Å². The van der Waals surface area contributed by atoms with E-state index < -0.39 is 5.97 Å². The number of aromatic amines is 1. The molecule has 1 aliphatic rings. The molecule has 2 N–H and O–H groups in total. The number of H-pyrrole nitrogens is 1. The lowest BCUT2D eigenvalue weighted by molar-refractivity contribution is -0.139. The highest BCUT2D eigenvalue weighted by atomic mass is 16.5. The number of benzene rings is 1. The minimum absolute atomic E-state index is 0.303. The van der Waals surface area contributed by atoms with Gasteiger partial charge in [0.15, 0.2) is 6.61 Å². The predicted octanol–water partition coefficient (Wildman–Crippen LogP) is 2.51. The zero-order valence-electron chi connectivity index (χ0n) is 9.27. The van der Waals surface area contributed by atoms with Gasteiger partial charge in [0.2, 0.25) is 0 Å². The van der Waals surface area contributed by atoms with Crippen LogP contribution < -0.4 is 4.74 Å². The Bertz CT molecular complexity index is 569. The van der Waals surface area contributed by atoms with Gasteiger partial charge in [-0.1, -0.05) is 6.07 Å². The van der Waals surface area contributed by atoms with Gasteiger partial charge in [0.1, 0.15) is 5.75 Å². The summed E-state index contributed by atoms with van der Waals surface area (Å²) in [7, 11) is 0. The van der Waals surface area contributed by atoms with Crippen LogP contribution in [0.15, 0.2) is 24.3 Å². The third kappa shape index (κ3) is 1.98. The van der Waals surface area contributed by atoms with Crippen molar-refractivity contribution in [1.29, 1.82) is 0 Å². The maximum atomic E-state index is 10.5. The number of rotatable bonds is 4. The van der Waals surface area contributed by atoms with E-state index in [1.807, 2.05) is 12.1 Å². The second kappa shape index (κ2) is 3.80. The van der Waals surface area contributed by atoms with Gasteiger partial charge >= 0.3 is 5.97 Å². The average molecular weight is 231 g/mol. The first-order chi connectivity index (χ1) is 8.24. The highest BCUT2D eigenvalue weighted by molar-refractivity contribution is 5.87. The number of carboxylic acids is 1. The Kier molecular flexibility index (Phi) is 2.28. The van der Waals surface area contributed by atoms with Crippen LogP contribution in [-0.4, -0.2) is 22.7 Å². The number of ether oxygens (including phenoxy) is 1. The Morgan fingerprint density at radius 2 is 2.29 bits per heavy atom. The van der Waals surface area contributed by atoms with Crippen molar-refractivity contribution in [2.45, 2.75) is 18.8 Å². The molecule has 0 radical (unpaired) electrons. The first kappa shape index (κ1) is 10.2. The molecule has 1 aromatic carbocycles. The van der Waals surface area contributed by atoms with E-state index in [4.69, 9.17) is 9.84 Å². The standard InChI is InChI=1S/C13H13NO3/c15-13(16)7-17-12-3-1-2-10-9(12)6-11(14-10)8-4-5-8/h1-3,6,8,14H,4-5,7H2,(H,15,16). The monoisotopic (exact) mass is 231 g/mol. The fraction of sp³-hybridized carbons (Fsp3) is 0.308. The molecule has 17 heavy (non-hydrogen) atoms. The van der Waals surface area contributed by atoms with Crippen molar-refractivity contribution in [3.63, 3.8) is 0 Å². The van der Waals surface area contributed by atoms with Gasteiger partial charge in [-0.05, 0) is 37.0 Å². The number of hydrogen-bond acceptors (Lipinski definition) is 2. The SMILES string of the molecule is O=C(O)COc1cccc2[nH]c(C3CC3)cc12. The highest BCUT2D eigenvalue weighted by Gasteiger charge is 2.25. The van der Waals surface area contributed by atoms with Crippen molar-refractivity contribution in [3.8, 4) is 5.75 Å². The Labute approximate surface area is 98.2 Å². The highest BCUT2D eigenvalue weighted by Crippen LogP contribution is 2.41. The Morgan fingerprint density at radius 3 is 3.00 bits per heavy atom. The van der Waals surface area contributed by atoms with Crippen LogP contribution in [0.3, 0.4) is 0 Å². The Hall–Kier alpha value is -1.97. The van der Waals surface area contributed by atoms with Crippen LogP contribution in [0.2, 0.25) is 0 Å². The summed E-state index contributed by atoms with van der Waals surface area (Å²) >= 11 is 0. The maximum absolute atomic E-state index is 10.5. The zero-order chi connectivity index (χ0) is 11.8. The van der Waals surface area contributed by atoms with Crippen molar-refractivity contribution in [3.05, 3.63) is 30.0 Å². The van der Waals surface area contributed by atoms with Gasteiger partial charge in [-0.25, -0.2) is 4.79 Å². The van der Waals surface area contributed by atoms with Crippen LogP contribution in [-0.2, 0) is 4.79 Å². The van der Waals surface area contributed by atoms with Crippen LogP contribution in [0.25, 0.3) is 10.9 Å². The molecule has 0 unspecified atom stereocenters. The second-order valence-electron chi connectivity index (χ2n) is 4.40. The summed E-state index contributed by atoms with van der Waals surface area (Å²) in [5.74, 6) is 0.322. The average Bonchev–Trinajstić information content (AvgIpc) is 3.06. The molecule has 0 atom stereocenters. The lowest BCUT2D eigenvalue weighted by atomic mass is 10.2. The number of aromatic nitrogens is 1. The molecule has 0 bridgehead atoms. The summed E-state index contributed by atoms with van der Waals surface area (Å²) in [6.45, 7) is -0.303. The molecular formula is C13H13NO3. The predicted molar refractivity (Wildman–Crippen MR) is 63.4 cm³/mol. The van der Waals surface area contributed by atoms with Crippen molar-refractivity contribution >= 4 is 16.9 Å². The third-order valence-corrected chi connectivity index (χ3v) is 3.01. The molecule has 1 heterocycles. The van der Waals surface area contributed by atoms with Crippen LogP contribution >= 0.6 is 0 Å². The molecule has 3 rings (SSSR count). The third-order valence-electron chi connectivity index (χ3n) is 3.01.